The van der Waals surface area contributed by atoms with E-state index < -0.39 is 0 Å². The highest BCUT2D eigenvalue weighted by Crippen LogP contribution is 2.47. The molecule has 1 aliphatic carbocycles. The van der Waals surface area contributed by atoms with Crippen molar-refractivity contribution in [3.63, 3.8) is 0 Å². The van der Waals surface area contributed by atoms with Crippen LogP contribution in [0.1, 0.15) is 96.6 Å². The number of piperidine rings is 1. The molecule has 2 heterocycles. The molecule has 0 saturated carbocycles. The van der Waals surface area contributed by atoms with Crippen LogP contribution in [0.5, 0.6) is 0 Å². The lowest BCUT2D eigenvalue weighted by Crippen LogP contribution is -2.34. The Balaban J connectivity index is 1.36. The number of thiazole rings is 1. The van der Waals surface area contributed by atoms with E-state index in [-0.39, 0.29) is 24.0 Å². The van der Waals surface area contributed by atoms with Gasteiger partial charge in [0.1, 0.15) is 0 Å². The zero-order valence-corrected chi connectivity index (χ0v) is 23.2. The fourth-order valence-electron chi connectivity index (χ4n) is 6.17. The van der Waals surface area contributed by atoms with Crippen molar-refractivity contribution >= 4 is 16.5 Å². The Hall–Kier alpha value is -1.43. The second-order valence-corrected chi connectivity index (χ2v) is 13.1. The largest absolute Gasteiger partial charge is 0.396 e. The summed E-state index contributed by atoms with van der Waals surface area (Å²) in [6.45, 7) is 12.2. The van der Waals surface area contributed by atoms with Gasteiger partial charge < -0.3 is 15.1 Å². The second kappa shape index (κ2) is 11.3. The standard InChI is InChI=1S/C30H46N2O2S/c1-29(2)14-15-30(3,4)26-20-24(9-10-25(26)29)27-21-35-28(31-27)32-16-11-23(12-17-32)8-7-22(13-19-34)6-5-18-33/h9-10,20-23,33-34H,5-8,11-19H2,1-4H3. The number of aromatic nitrogens is 1. The van der Waals surface area contributed by atoms with Gasteiger partial charge >= 0.3 is 0 Å². The lowest BCUT2D eigenvalue weighted by Gasteiger charge is -2.42. The first-order chi connectivity index (χ1) is 16.7. The number of benzene rings is 1. The Morgan fingerprint density at radius 1 is 0.971 bits per heavy atom. The van der Waals surface area contributed by atoms with Crippen molar-refractivity contribution in [3.8, 4) is 11.3 Å². The van der Waals surface area contributed by atoms with Gasteiger partial charge in [0.05, 0.1) is 5.69 Å². The first kappa shape index (κ1) is 26.6. The van der Waals surface area contributed by atoms with Crippen LogP contribution < -0.4 is 4.90 Å². The van der Waals surface area contributed by atoms with E-state index in [2.05, 4.69) is 56.2 Å². The van der Waals surface area contributed by atoms with Gasteiger partial charge in [0.2, 0.25) is 0 Å². The third-order valence-electron chi connectivity index (χ3n) is 8.82. The molecule has 5 heteroatoms. The molecule has 1 aromatic heterocycles. The summed E-state index contributed by atoms with van der Waals surface area (Å²) in [4.78, 5) is 7.57. The van der Waals surface area contributed by atoms with E-state index in [0.29, 0.717) is 5.92 Å². The molecule has 0 spiro atoms. The minimum Gasteiger partial charge on any atom is -0.396 e. The summed E-state index contributed by atoms with van der Waals surface area (Å²) in [6, 6.07) is 7.06. The minimum absolute atomic E-state index is 0.218. The first-order valence-electron chi connectivity index (χ1n) is 13.8. The summed E-state index contributed by atoms with van der Waals surface area (Å²) >= 11 is 1.79. The molecule has 1 fully saturated rings. The third-order valence-corrected chi connectivity index (χ3v) is 9.72. The summed E-state index contributed by atoms with van der Waals surface area (Å²) in [6.07, 6.45) is 10.1. The second-order valence-electron chi connectivity index (χ2n) is 12.3. The summed E-state index contributed by atoms with van der Waals surface area (Å²) < 4.78 is 0. The van der Waals surface area contributed by atoms with Crippen molar-refractivity contribution in [1.29, 1.82) is 0 Å². The molecule has 1 aliphatic heterocycles. The lowest BCUT2D eigenvalue weighted by molar-refractivity contribution is 0.217. The normalized spacial score (nSPS) is 20.6. The molecule has 1 atom stereocenters. The van der Waals surface area contributed by atoms with Gasteiger partial charge in [-0.2, -0.15) is 0 Å². The van der Waals surface area contributed by atoms with Crippen LogP contribution >= 0.6 is 11.3 Å². The van der Waals surface area contributed by atoms with Gasteiger partial charge in [0.15, 0.2) is 5.13 Å². The SMILES string of the molecule is CC1(C)CCC(C)(C)c2cc(-c3csc(N4CCC(CCC(CCO)CCCO)CC4)n3)ccc21. The molecule has 2 N–H and O–H groups in total. The Labute approximate surface area is 216 Å². The average molecular weight is 499 g/mol. The maximum Gasteiger partial charge on any atom is 0.185 e. The van der Waals surface area contributed by atoms with Crippen LogP contribution in [0.4, 0.5) is 5.13 Å². The molecule has 1 unspecified atom stereocenters. The Morgan fingerprint density at radius 2 is 1.69 bits per heavy atom. The van der Waals surface area contributed by atoms with Gasteiger partial charge in [-0.1, -0.05) is 52.7 Å². The molecular formula is C30H46N2O2S. The molecule has 1 saturated heterocycles. The maximum atomic E-state index is 9.35. The molecule has 194 valence electrons. The minimum atomic E-state index is 0.218. The van der Waals surface area contributed by atoms with E-state index in [9.17, 15) is 5.11 Å². The Kier molecular flexibility index (Phi) is 8.61. The predicted molar refractivity (Wildman–Crippen MR) is 149 cm³/mol. The summed E-state index contributed by atoms with van der Waals surface area (Å²) in [5.41, 5.74) is 5.84. The van der Waals surface area contributed by atoms with Crippen molar-refractivity contribution in [1.82, 2.24) is 4.98 Å². The number of fused-ring (bicyclic) bond motifs is 1. The molecule has 35 heavy (non-hydrogen) atoms. The number of hydrogen-bond acceptors (Lipinski definition) is 5. The number of aliphatic hydroxyl groups is 2. The summed E-state index contributed by atoms with van der Waals surface area (Å²) in [7, 11) is 0. The number of anilines is 1. The smallest absolute Gasteiger partial charge is 0.185 e. The van der Waals surface area contributed by atoms with E-state index in [1.807, 2.05) is 0 Å². The topological polar surface area (TPSA) is 56.6 Å². The van der Waals surface area contributed by atoms with E-state index in [4.69, 9.17) is 10.1 Å². The van der Waals surface area contributed by atoms with Crippen molar-refractivity contribution in [3.05, 3.63) is 34.7 Å². The van der Waals surface area contributed by atoms with E-state index in [0.717, 1.165) is 49.1 Å². The zero-order chi connectivity index (χ0) is 25.1. The highest BCUT2D eigenvalue weighted by molar-refractivity contribution is 7.14. The van der Waals surface area contributed by atoms with Crippen LogP contribution in [0, 0.1) is 11.8 Å². The Bertz CT molecular complexity index is 959. The van der Waals surface area contributed by atoms with Crippen LogP contribution in [0.25, 0.3) is 11.3 Å². The van der Waals surface area contributed by atoms with Crippen LogP contribution in [-0.2, 0) is 10.8 Å². The molecule has 0 radical (unpaired) electrons. The fraction of sp³-hybridized carbons (Fsp3) is 0.700. The fourth-order valence-corrected chi connectivity index (χ4v) is 7.06. The molecular weight excluding hydrogens is 452 g/mol. The highest BCUT2D eigenvalue weighted by Gasteiger charge is 2.37. The quantitative estimate of drug-likeness (QED) is 0.373. The van der Waals surface area contributed by atoms with Crippen LogP contribution in [-0.4, -0.2) is 41.5 Å². The maximum absolute atomic E-state index is 9.35. The molecule has 0 amide bonds. The van der Waals surface area contributed by atoms with Gasteiger partial charge in [0.25, 0.3) is 0 Å². The number of aliphatic hydroxyl groups excluding tert-OH is 2. The lowest BCUT2D eigenvalue weighted by atomic mass is 9.63. The number of hydrogen-bond donors (Lipinski definition) is 2. The monoisotopic (exact) mass is 498 g/mol. The zero-order valence-electron chi connectivity index (χ0n) is 22.4. The van der Waals surface area contributed by atoms with Crippen LogP contribution in [0.3, 0.4) is 0 Å². The predicted octanol–water partition coefficient (Wildman–Crippen LogP) is 6.93. The summed E-state index contributed by atoms with van der Waals surface area (Å²) in [5.74, 6) is 1.33. The van der Waals surface area contributed by atoms with Gasteiger partial charge in [0, 0.05) is 37.2 Å². The highest BCUT2D eigenvalue weighted by atomic mass is 32.1. The first-order valence-corrected chi connectivity index (χ1v) is 14.7. The van der Waals surface area contributed by atoms with Gasteiger partial charge in [-0.05, 0) is 84.8 Å². The van der Waals surface area contributed by atoms with E-state index >= 15 is 0 Å². The molecule has 4 rings (SSSR count). The van der Waals surface area contributed by atoms with Crippen molar-refractivity contribution in [2.45, 2.75) is 96.3 Å². The van der Waals surface area contributed by atoms with Crippen molar-refractivity contribution in [2.75, 3.05) is 31.2 Å². The molecule has 2 aromatic rings. The number of nitrogens with zero attached hydrogens (tertiary/aromatic N) is 2. The van der Waals surface area contributed by atoms with Gasteiger partial charge in [-0.15, -0.1) is 11.3 Å². The molecule has 0 bridgehead atoms. The average Bonchev–Trinajstić information content (AvgIpc) is 3.34. The third kappa shape index (κ3) is 6.29. The van der Waals surface area contributed by atoms with Crippen LogP contribution in [0.15, 0.2) is 23.6 Å². The molecule has 2 aliphatic rings. The summed E-state index contributed by atoms with van der Waals surface area (Å²) in [5, 5.41) is 21.9. The van der Waals surface area contributed by atoms with Gasteiger partial charge in [-0.3, -0.25) is 0 Å². The van der Waals surface area contributed by atoms with Crippen molar-refractivity contribution < 1.29 is 10.2 Å². The Morgan fingerprint density at radius 3 is 2.37 bits per heavy atom. The van der Waals surface area contributed by atoms with E-state index in [1.165, 1.54) is 55.2 Å². The van der Waals surface area contributed by atoms with Crippen LogP contribution in [0.2, 0.25) is 0 Å². The van der Waals surface area contributed by atoms with Gasteiger partial charge in [-0.25, -0.2) is 4.98 Å². The van der Waals surface area contributed by atoms with E-state index in [1.54, 1.807) is 11.3 Å². The number of rotatable bonds is 10. The molecule has 4 nitrogen and oxygen atoms in total. The van der Waals surface area contributed by atoms with Crippen molar-refractivity contribution in [2.24, 2.45) is 11.8 Å². The molecule has 1 aromatic carbocycles.